The van der Waals surface area contributed by atoms with Gasteiger partial charge in [-0.25, -0.2) is 0 Å². The molecule has 0 saturated carbocycles. The quantitative estimate of drug-likeness (QED) is 0.340. The fourth-order valence-corrected chi connectivity index (χ4v) is 4.80. The normalized spacial score (nSPS) is 11.6. The van der Waals surface area contributed by atoms with Crippen LogP contribution < -0.4 is 5.32 Å². The van der Waals surface area contributed by atoms with E-state index in [1.807, 2.05) is 42.5 Å². The first kappa shape index (κ1) is 22.9. The molecular formula is C25H21F3N2O2S. The molecule has 4 aromatic rings. The second-order valence-electron chi connectivity index (χ2n) is 7.52. The van der Waals surface area contributed by atoms with Crippen molar-refractivity contribution in [1.29, 1.82) is 0 Å². The number of benzene rings is 2. The molecule has 2 aromatic heterocycles. The number of carbonyl (C=O) groups is 1. The number of alkyl halides is 3. The second kappa shape index (κ2) is 9.72. The molecular weight excluding hydrogens is 449 g/mol. The number of carbonyl (C=O) groups excluding carboxylic acids is 1. The van der Waals surface area contributed by atoms with Crippen molar-refractivity contribution in [3.8, 4) is 11.1 Å². The van der Waals surface area contributed by atoms with Crippen molar-refractivity contribution < 1.29 is 22.7 Å². The molecule has 0 unspecified atom stereocenters. The average Bonchev–Trinajstić information content (AvgIpc) is 3.21. The van der Waals surface area contributed by atoms with Crippen molar-refractivity contribution in [3.05, 3.63) is 88.6 Å². The van der Waals surface area contributed by atoms with E-state index in [1.54, 1.807) is 13.2 Å². The topological polar surface area (TPSA) is 51.2 Å². The van der Waals surface area contributed by atoms with Gasteiger partial charge >= 0.3 is 6.18 Å². The van der Waals surface area contributed by atoms with E-state index in [1.165, 1.54) is 17.5 Å². The Morgan fingerprint density at radius 2 is 1.91 bits per heavy atom. The molecule has 1 N–H and O–H groups in total. The molecule has 0 aliphatic heterocycles. The minimum atomic E-state index is -4.42. The van der Waals surface area contributed by atoms with Crippen molar-refractivity contribution >= 4 is 27.3 Å². The highest BCUT2D eigenvalue weighted by Gasteiger charge is 2.31. The number of hydrogen-bond acceptors (Lipinski definition) is 4. The molecule has 0 radical (unpaired) electrons. The molecule has 0 aliphatic rings. The van der Waals surface area contributed by atoms with E-state index in [4.69, 9.17) is 4.74 Å². The fourth-order valence-electron chi connectivity index (χ4n) is 3.57. The lowest BCUT2D eigenvalue weighted by Gasteiger charge is -2.08. The van der Waals surface area contributed by atoms with Gasteiger partial charge in [0.2, 0.25) is 0 Å². The lowest BCUT2D eigenvalue weighted by molar-refractivity contribution is -0.137. The van der Waals surface area contributed by atoms with Gasteiger partial charge in [0.25, 0.3) is 5.91 Å². The molecule has 33 heavy (non-hydrogen) atoms. The van der Waals surface area contributed by atoms with Crippen molar-refractivity contribution in [2.75, 3.05) is 20.3 Å². The van der Waals surface area contributed by atoms with Crippen molar-refractivity contribution in [2.45, 2.75) is 12.6 Å². The third-order valence-electron chi connectivity index (χ3n) is 5.12. The average molecular weight is 471 g/mol. The first-order valence-electron chi connectivity index (χ1n) is 10.3. The van der Waals surface area contributed by atoms with E-state index in [0.29, 0.717) is 30.7 Å². The van der Waals surface area contributed by atoms with Gasteiger partial charge in [-0.1, -0.05) is 30.3 Å². The summed E-state index contributed by atoms with van der Waals surface area (Å²) in [7, 11) is 1.58. The maximum atomic E-state index is 13.0. The standard InChI is InChI=1S/C25H21F3N2O2S/c1-32-9-8-30-24(31)19-6-2-4-17(12-19)22-7-3-5-18-13-21(33-23(18)22)11-16-10-20(15-29-14-16)25(26,27)28/h2-7,10,12-15H,8-9,11H2,1H3,(H,30,31). The molecule has 8 heteroatoms. The number of rotatable bonds is 7. The summed E-state index contributed by atoms with van der Waals surface area (Å²) in [5.41, 5.74) is 2.18. The summed E-state index contributed by atoms with van der Waals surface area (Å²) < 4.78 is 45.0. The number of hydrogen-bond donors (Lipinski definition) is 1. The third kappa shape index (κ3) is 5.40. The number of ether oxygens (including phenoxy) is 1. The third-order valence-corrected chi connectivity index (χ3v) is 6.31. The largest absolute Gasteiger partial charge is 0.417 e. The number of halogens is 3. The predicted molar refractivity (Wildman–Crippen MR) is 124 cm³/mol. The molecule has 0 saturated heterocycles. The SMILES string of the molecule is COCCNC(=O)c1cccc(-c2cccc3cc(Cc4cncc(C(F)(F)F)c4)sc23)c1. The summed E-state index contributed by atoms with van der Waals surface area (Å²) >= 11 is 1.53. The van der Waals surface area contributed by atoms with Crippen molar-refractivity contribution in [2.24, 2.45) is 0 Å². The first-order valence-corrected chi connectivity index (χ1v) is 11.1. The van der Waals surface area contributed by atoms with Crippen LogP contribution in [0, 0.1) is 0 Å². The number of pyridine rings is 1. The second-order valence-corrected chi connectivity index (χ2v) is 8.66. The van der Waals surface area contributed by atoms with Crippen LogP contribution in [0.1, 0.15) is 26.4 Å². The van der Waals surface area contributed by atoms with Crippen LogP contribution in [0.2, 0.25) is 0 Å². The smallest absolute Gasteiger partial charge is 0.383 e. The Hall–Kier alpha value is -3.23. The van der Waals surface area contributed by atoms with Crippen LogP contribution in [-0.2, 0) is 17.3 Å². The number of methoxy groups -OCH3 is 1. The maximum Gasteiger partial charge on any atom is 0.417 e. The van der Waals surface area contributed by atoms with Gasteiger partial charge in [0, 0.05) is 47.6 Å². The number of amides is 1. The molecule has 1 amide bonds. The highest BCUT2D eigenvalue weighted by atomic mass is 32.1. The summed E-state index contributed by atoms with van der Waals surface area (Å²) in [5, 5.41) is 3.82. The Labute approximate surface area is 193 Å². The molecule has 0 atom stereocenters. The Bertz CT molecular complexity index is 1280. The lowest BCUT2D eigenvalue weighted by Crippen LogP contribution is -2.26. The Kier molecular flexibility index (Phi) is 6.76. The molecule has 0 fully saturated rings. The van der Waals surface area contributed by atoms with Crippen LogP contribution in [0.15, 0.2) is 67.0 Å². The van der Waals surface area contributed by atoms with Gasteiger partial charge in [0.1, 0.15) is 0 Å². The van der Waals surface area contributed by atoms with E-state index in [9.17, 15) is 18.0 Å². The minimum Gasteiger partial charge on any atom is -0.383 e. The highest BCUT2D eigenvalue weighted by Crippen LogP contribution is 2.36. The molecule has 0 aliphatic carbocycles. The zero-order valence-electron chi connectivity index (χ0n) is 17.8. The molecule has 0 spiro atoms. The van der Waals surface area contributed by atoms with E-state index < -0.39 is 11.7 Å². The summed E-state index contributed by atoms with van der Waals surface area (Å²) in [6.45, 7) is 0.859. The number of fused-ring (bicyclic) bond motifs is 1. The van der Waals surface area contributed by atoms with Gasteiger partial charge in [-0.15, -0.1) is 11.3 Å². The molecule has 2 heterocycles. The number of nitrogens with zero attached hydrogens (tertiary/aromatic N) is 1. The van der Waals surface area contributed by atoms with Gasteiger partial charge in [-0.2, -0.15) is 13.2 Å². The Balaban J connectivity index is 1.63. The van der Waals surface area contributed by atoms with Gasteiger partial charge in [-0.05, 0) is 46.3 Å². The number of nitrogens with one attached hydrogen (secondary N) is 1. The van der Waals surface area contributed by atoms with Crippen LogP contribution in [0.3, 0.4) is 0 Å². The molecule has 4 rings (SSSR count). The molecule has 2 aromatic carbocycles. The van der Waals surface area contributed by atoms with Crippen LogP contribution in [0.4, 0.5) is 13.2 Å². The Morgan fingerprint density at radius 3 is 2.70 bits per heavy atom. The van der Waals surface area contributed by atoms with Crippen LogP contribution in [0.5, 0.6) is 0 Å². The number of aromatic nitrogens is 1. The van der Waals surface area contributed by atoms with Crippen LogP contribution in [-0.4, -0.2) is 31.2 Å². The van der Waals surface area contributed by atoms with Gasteiger partial charge in [0.15, 0.2) is 0 Å². The predicted octanol–water partition coefficient (Wildman–Crippen LogP) is 5.95. The lowest BCUT2D eigenvalue weighted by atomic mass is 10.0. The van der Waals surface area contributed by atoms with Crippen LogP contribution >= 0.6 is 11.3 Å². The summed E-state index contributed by atoms with van der Waals surface area (Å²) in [6, 6.07) is 16.4. The minimum absolute atomic E-state index is 0.176. The highest BCUT2D eigenvalue weighted by molar-refractivity contribution is 7.19. The van der Waals surface area contributed by atoms with E-state index in [2.05, 4.69) is 10.3 Å². The molecule has 170 valence electrons. The van der Waals surface area contributed by atoms with Gasteiger partial charge < -0.3 is 10.1 Å². The maximum absolute atomic E-state index is 13.0. The molecule has 4 nitrogen and oxygen atoms in total. The monoisotopic (exact) mass is 470 g/mol. The zero-order chi connectivity index (χ0) is 23.4. The van der Waals surface area contributed by atoms with Gasteiger partial charge in [0.05, 0.1) is 12.2 Å². The molecule has 0 bridgehead atoms. The zero-order valence-corrected chi connectivity index (χ0v) is 18.6. The first-order chi connectivity index (χ1) is 15.8. The summed E-state index contributed by atoms with van der Waals surface area (Å²) in [5.74, 6) is -0.176. The summed E-state index contributed by atoms with van der Waals surface area (Å²) in [6.07, 6.45) is -1.76. The fraction of sp³-hybridized carbons (Fsp3) is 0.200. The van der Waals surface area contributed by atoms with E-state index in [-0.39, 0.29) is 5.91 Å². The summed E-state index contributed by atoms with van der Waals surface area (Å²) in [4.78, 5) is 17.1. The van der Waals surface area contributed by atoms with Crippen LogP contribution in [0.25, 0.3) is 21.2 Å². The van der Waals surface area contributed by atoms with E-state index in [0.717, 1.165) is 38.4 Å². The number of thiophene rings is 1. The van der Waals surface area contributed by atoms with E-state index >= 15 is 0 Å². The van der Waals surface area contributed by atoms with Crippen molar-refractivity contribution in [3.63, 3.8) is 0 Å². The van der Waals surface area contributed by atoms with Gasteiger partial charge in [-0.3, -0.25) is 9.78 Å². The Morgan fingerprint density at radius 1 is 1.09 bits per heavy atom. The van der Waals surface area contributed by atoms with Crippen molar-refractivity contribution in [1.82, 2.24) is 10.3 Å².